The van der Waals surface area contributed by atoms with Gasteiger partial charge in [0.15, 0.2) is 23.3 Å². The SMILES string of the molecule is CNc1nc(N(C)C2CCC(C)CC2)c(F)cc1F. The molecule has 3 nitrogen and oxygen atoms in total. The molecule has 0 spiro atoms. The summed E-state index contributed by atoms with van der Waals surface area (Å²) >= 11 is 0. The maximum Gasteiger partial charge on any atom is 0.168 e. The normalized spacial score (nSPS) is 23.2. The zero-order valence-electron chi connectivity index (χ0n) is 11.7. The number of rotatable bonds is 3. The van der Waals surface area contributed by atoms with Gasteiger partial charge in [-0.25, -0.2) is 13.8 Å². The van der Waals surface area contributed by atoms with Gasteiger partial charge in [-0.05, 0) is 31.6 Å². The first-order valence-corrected chi connectivity index (χ1v) is 6.79. The van der Waals surface area contributed by atoms with Gasteiger partial charge in [-0.1, -0.05) is 6.92 Å². The summed E-state index contributed by atoms with van der Waals surface area (Å²) in [5.74, 6) is -0.201. The monoisotopic (exact) mass is 269 g/mol. The summed E-state index contributed by atoms with van der Waals surface area (Å²) in [4.78, 5) is 5.90. The van der Waals surface area contributed by atoms with Gasteiger partial charge in [0, 0.05) is 26.2 Å². The Labute approximate surface area is 113 Å². The number of hydrogen-bond acceptors (Lipinski definition) is 3. The Morgan fingerprint density at radius 1 is 1.21 bits per heavy atom. The van der Waals surface area contributed by atoms with E-state index in [0.717, 1.165) is 37.7 Å². The molecule has 1 aliphatic carbocycles. The van der Waals surface area contributed by atoms with Crippen LogP contribution in [-0.2, 0) is 0 Å². The third-order valence-electron chi connectivity index (χ3n) is 4.01. The molecule has 1 saturated carbocycles. The van der Waals surface area contributed by atoms with Crippen LogP contribution in [0.3, 0.4) is 0 Å². The Bertz CT molecular complexity index is 443. The van der Waals surface area contributed by atoms with Crippen LogP contribution in [0.4, 0.5) is 20.4 Å². The van der Waals surface area contributed by atoms with E-state index in [0.29, 0.717) is 0 Å². The van der Waals surface area contributed by atoms with Gasteiger partial charge in [-0.15, -0.1) is 0 Å². The van der Waals surface area contributed by atoms with Gasteiger partial charge >= 0.3 is 0 Å². The number of anilines is 2. The van der Waals surface area contributed by atoms with Crippen molar-refractivity contribution in [1.82, 2.24) is 4.98 Å². The van der Waals surface area contributed by atoms with Crippen molar-refractivity contribution in [3.8, 4) is 0 Å². The van der Waals surface area contributed by atoms with E-state index in [2.05, 4.69) is 17.2 Å². The van der Waals surface area contributed by atoms with Crippen LogP contribution in [0.5, 0.6) is 0 Å². The van der Waals surface area contributed by atoms with Crippen molar-refractivity contribution in [1.29, 1.82) is 0 Å². The highest BCUT2D eigenvalue weighted by Gasteiger charge is 2.25. The summed E-state index contributed by atoms with van der Waals surface area (Å²) in [7, 11) is 3.42. The lowest BCUT2D eigenvalue weighted by atomic mass is 9.87. The largest absolute Gasteiger partial charge is 0.371 e. The quantitative estimate of drug-likeness (QED) is 0.911. The van der Waals surface area contributed by atoms with E-state index in [1.165, 1.54) is 0 Å². The Kier molecular flexibility index (Phi) is 4.22. The van der Waals surface area contributed by atoms with Gasteiger partial charge in [0.05, 0.1) is 0 Å². The molecule has 1 fully saturated rings. The number of halogens is 2. The molecule has 1 aromatic heterocycles. The van der Waals surface area contributed by atoms with Crippen molar-refractivity contribution in [2.75, 3.05) is 24.3 Å². The Hall–Kier alpha value is -1.39. The highest BCUT2D eigenvalue weighted by Crippen LogP contribution is 2.30. The maximum absolute atomic E-state index is 13.9. The van der Waals surface area contributed by atoms with Crippen LogP contribution in [0.2, 0.25) is 0 Å². The number of hydrogen-bond donors (Lipinski definition) is 1. The molecule has 1 N–H and O–H groups in total. The van der Waals surface area contributed by atoms with E-state index in [1.807, 2.05) is 11.9 Å². The molecule has 5 heteroatoms. The molecule has 1 aliphatic rings. The van der Waals surface area contributed by atoms with Crippen LogP contribution in [0.15, 0.2) is 6.07 Å². The predicted octanol–water partition coefficient (Wildman–Crippen LogP) is 3.42. The molecule has 0 bridgehead atoms. The van der Waals surface area contributed by atoms with Crippen molar-refractivity contribution < 1.29 is 8.78 Å². The molecular formula is C14H21F2N3. The maximum atomic E-state index is 13.9. The zero-order chi connectivity index (χ0) is 14.0. The smallest absolute Gasteiger partial charge is 0.168 e. The number of nitrogens with one attached hydrogen (secondary N) is 1. The van der Waals surface area contributed by atoms with Gasteiger partial charge < -0.3 is 10.2 Å². The molecule has 1 heterocycles. The molecule has 2 rings (SSSR count). The lowest BCUT2D eigenvalue weighted by Gasteiger charge is -2.34. The minimum absolute atomic E-state index is 0.0902. The molecule has 0 aromatic carbocycles. The van der Waals surface area contributed by atoms with Gasteiger partial charge in [0.2, 0.25) is 0 Å². The number of nitrogens with zero attached hydrogens (tertiary/aromatic N) is 2. The van der Waals surface area contributed by atoms with Gasteiger partial charge in [0.1, 0.15) is 0 Å². The van der Waals surface area contributed by atoms with Crippen LogP contribution < -0.4 is 10.2 Å². The molecule has 0 saturated heterocycles. The van der Waals surface area contributed by atoms with Gasteiger partial charge in [0.25, 0.3) is 0 Å². The minimum atomic E-state index is -0.658. The Morgan fingerprint density at radius 2 is 1.84 bits per heavy atom. The lowest BCUT2D eigenvalue weighted by molar-refractivity contribution is 0.338. The second-order valence-corrected chi connectivity index (χ2v) is 5.40. The van der Waals surface area contributed by atoms with E-state index < -0.39 is 11.6 Å². The second kappa shape index (κ2) is 5.72. The van der Waals surface area contributed by atoms with E-state index in [4.69, 9.17) is 0 Å². The van der Waals surface area contributed by atoms with E-state index in [-0.39, 0.29) is 17.7 Å². The first kappa shape index (κ1) is 14.0. The third-order valence-corrected chi connectivity index (χ3v) is 4.01. The van der Waals surface area contributed by atoms with Crippen molar-refractivity contribution in [3.63, 3.8) is 0 Å². The molecular weight excluding hydrogens is 248 g/mol. The predicted molar refractivity (Wildman–Crippen MR) is 73.5 cm³/mol. The van der Waals surface area contributed by atoms with E-state index in [1.54, 1.807) is 7.05 Å². The van der Waals surface area contributed by atoms with Crippen LogP contribution in [0.25, 0.3) is 0 Å². The highest BCUT2D eigenvalue weighted by molar-refractivity contribution is 5.49. The van der Waals surface area contributed by atoms with Crippen molar-refractivity contribution in [2.45, 2.75) is 38.6 Å². The van der Waals surface area contributed by atoms with Gasteiger partial charge in [-0.2, -0.15) is 0 Å². The topological polar surface area (TPSA) is 28.2 Å². The van der Waals surface area contributed by atoms with Crippen molar-refractivity contribution >= 4 is 11.6 Å². The van der Waals surface area contributed by atoms with Crippen molar-refractivity contribution in [3.05, 3.63) is 17.7 Å². The Balaban J connectivity index is 2.21. The Morgan fingerprint density at radius 3 is 2.42 bits per heavy atom. The summed E-state index contributed by atoms with van der Waals surface area (Å²) in [6, 6.07) is 1.18. The fourth-order valence-corrected chi connectivity index (χ4v) is 2.68. The fourth-order valence-electron chi connectivity index (χ4n) is 2.68. The average molecular weight is 269 g/mol. The fraction of sp³-hybridized carbons (Fsp3) is 0.643. The molecule has 106 valence electrons. The number of aromatic nitrogens is 1. The minimum Gasteiger partial charge on any atom is -0.371 e. The molecule has 0 atom stereocenters. The van der Waals surface area contributed by atoms with Crippen molar-refractivity contribution in [2.24, 2.45) is 5.92 Å². The van der Waals surface area contributed by atoms with Crippen LogP contribution >= 0.6 is 0 Å². The molecule has 19 heavy (non-hydrogen) atoms. The number of pyridine rings is 1. The highest BCUT2D eigenvalue weighted by atomic mass is 19.1. The van der Waals surface area contributed by atoms with Crippen LogP contribution in [0, 0.1) is 17.6 Å². The average Bonchev–Trinajstić information content (AvgIpc) is 2.39. The first-order chi connectivity index (χ1) is 9.02. The summed E-state index contributed by atoms with van der Waals surface area (Å²) in [5.41, 5.74) is 0. The summed E-state index contributed by atoms with van der Waals surface area (Å²) in [6.45, 7) is 2.24. The molecule has 0 aliphatic heterocycles. The third kappa shape index (κ3) is 2.96. The van der Waals surface area contributed by atoms with Crippen LogP contribution in [0.1, 0.15) is 32.6 Å². The molecule has 1 aromatic rings. The van der Waals surface area contributed by atoms with Crippen LogP contribution in [-0.4, -0.2) is 25.1 Å². The molecule has 0 amide bonds. The van der Waals surface area contributed by atoms with E-state index >= 15 is 0 Å². The summed E-state index contributed by atoms with van der Waals surface area (Å²) in [6.07, 6.45) is 4.36. The van der Waals surface area contributed by atoms with Gasteiger partial charge in [-0.3, -0.25) is 0 Å². The lowest BCUT2D eigenvalue weighted by Crippen LogP contribution is -2.36. The summed E-state index contributed by atoms with van der Waals surface area (Å²) < 4.78 is 27.3. The van der Waals surface area contributed by atoms with E-state index in [9.17, 15) is 8.78 Å². The first-order valence-electron chi connectivity index (χ1n) is 6.79. The summed E-state index contributed by atoms with van der Waals surface area (Å²) in [5, 5.41) is 2.65. The zero-order valence-corrected chi connectivity index (χ0v) is 11.7. The molecule has 0 radical (unpaired) electrons. The standard InChI is InChI=1S/C14H21F2N3/c1-9-4-6-10(7-5-9)19(3)14-12(16)8-11(15)13(17-2)18-14/h8-10H,4-7H2,1-3H3,(H,17,18). The second-order valence-electron chi connectivity index (χ2n) is 5.40. The molecule has 0 unspecified atom stereocenters.